The van der Waals surface area contributed by atoms with E-state index < -0.39 is 0 Å². The zero-order chi connectivity index (χ0) is 2.99. The smallest absolute Gasteiger partial charge is 0.570 e. The van der Waals surface area contributed by atoms with Gasteiger partial charge >= 0.3 is 58.2 Å². The van der Waals surface area contributed by atoms with Gasteiger partial charge in [-0.1, -0.05) is 13.0 Å². The fourth-order valence-electron chi connectivity index (χ4n) is 0.0786. The van der Waals surface area contributed by atoms with Crippen molar-refractivity contribution in [3.8, 4) is 0 Å². The third-order valence-electron chi connectivity index (χ3n) is 0.408. The van der Waals surface area contributed by atoms with Gasteiger partial charge in [0, 0.05) is 0 Å². The van der Waals surface area contributed by atoms with Crippen LogP contribution in [0.3, 0.4) is 0 Å². The van der Waals surface area contributed by atoms with Crippen molar-refractivity contribution in [2.45, 2.75) is 13.0 Å². The van der Waals surface area contributed by atoms with Gasteiger partial charge in [0.15, 0.2) is 0 Å². The minimum absolute atomic E-state index is 0. The Bertz CT molecular complexity index is 26.1. The Kier molecular flexibility index (Phi) is 3.87. The Balaban J connectivity index is 0.000000160. The van der Waals surface area contributed by atoms with Gasteiger partial charge in [-0.05, 0) is 0 Å². The van der Waals surface area contributed by atoms with Crippen LogP contribution in [0, 0.1) is 6.61 Å². The maximum absolute atomic E-state index is 4.58. The second-order valence-corrected chi connectivity index (χ2v) is 0.977. The molecule has 1 fully saturated rings. The predicted octanol–water partition coefficient (Wildman–Crippen LogP) is -2.43. The molecule has 0 spiro atoms. The maximum Gasteiger partial charge on any atom is 1.00 e. The summed E-state index contributed by atoms with van der Waals surface area (Å²) in [6, 6.07) is 0. The summed E-state index contributed by atoms with van der Waals surface area (Å²) in [5, 5.41) is 0. The quantitative estimate of drug-likeness (QED) is 0.271. The number of hydrogen-bond donors (Lipinski definition) is 0. The summed E-state index contributed by atoms with van der Waals surface area (Å²) in [5.74, 6) is 0. The summed E-state index contributed by atoms with van der Waals surface area (Å²) in [6.07, 6.45) is 0.458. The van der Waals surface area contributed by atoms with Crippen molar-refractivity contribution in [2.75, 3.05) is 0 Å². The van der Waals surface area contributed by atoms with Gasteiger partial charge in [0.25, 0.3) is 0 Å². The van der Waals surface area contributed by atoms with E-state index in [1.165, 1.54) is 0 Å². The monoisotopic (exact) mass is 142 g/mol. The van der Waals surface area contributed by atoms with E-state index in [2.05, 4.69) is 4.74 Å². The minimum atomic E-state index is 0. The van der Waals surface area contributed by atoms with Gasteiger partial charge in [-0.15, -0.1) is 0 Å². The van der Waals surface area contributed by atoms with Crippen molar-refractivity contribution in [1.29, 1.82) is 0 Å². The van der Waals surface area contributed by atoms with Gasteiger partial charge in [0.05, 0.1) is 0 Å². The Morgan fingerprint density at radius 1 is 1.80 bits per heavy atom. The maximum atomic E-state index is 4.58. The van der Waals surface area contributed by atoms with E-state index in [1.54, 1.807) is 6.61 Å². The molecule has 2 heteroatoms. The van der Waals surface area contributed by atoms with Gasteiger partial charge in [-0.3, -0.25) is 0 Å². The summed E-state index contributed by atoms with van der Waals surface area (Å²) in [6.45, 7) is 3.79. The normalized spacial score (nSPS) is 31.8. The molecule has 0 radical (unpaired) electrons. The minimum Gasteiger partial charge on any atom is -0.570 e. The molecule has 1 nitrogen and oxygen atoms in total. The molecule has 1 heterocycles. The van der Waals surface area contributed by atoms with E-state index in [0.717, 1.165) is 0 Å². The molecule has 1 atom stereocenters. The van der Waals surface area contributed by atoms with Gasteiger partial charge in [-0.2, -0.15) is 6.61 Å². The molecular weight excluding hydrogens is 138 g/mol. The van der Waals surface area contributed by atoms with Crippen LogP contribution in [-0.4, -0.2) is 6.10 Å². The van der Waals surface area contributed by atoms with Crippen molar-refractivity contribution in [3.05, 3.63) is 6.61 Å². The summed E-state index contributed by atoms with van der Waals surface area (Å²) in [7, 11) is 0. The van der Waals surface area contributed by atoms with Crippen LogP contribution in [0.4, 0.5) is 0 Å². The average Bonchev–Trinajstić information content (AvgIpc) is 1.75. The molecule has 1 unspecified atom stereocenters. The van der Waals surface area contributed by atoms with E-state index in [1.807, 2.05) is 6.92 Å². The topological polar surface area (TPSA) is 12.5 Å². The third-order valence-corrected chi connectivity index (χ3v) is 0.408. The first-order valence-electron chi connectivity index (χ1n) is 1.38. The predicted molar refractivity (Wildman–Crippen MR) is 14.8 cm³/mol. The van der Waals surface area contributed by atoms with Crippen LogP contribution in [0.5, 0.6) is 0 Å². The molecule has 1 rings (SSSR count). The molecule has 0 bridgehead atoms. The van der Waals surface area contributed by atoms with E-state index in [4.69, 9.17) is 0 Å². The van der Waals surface area contributed by atoms with Gasteiger partial charge in [-0.25, -0.2) is 0 Å². The number of ether oxygens (including phenoxy) is 1. The van der Waals surface area contributed by atoms with Gasteiger partial charge < -0.3 is 4.74 Å². The summed E-state index contributed by atoms with van der Waals surface area (Å²) in [4.78, 5) is 0. The van der Waals surface area contributed by atoms with Crippen molar-refractivity contribution in [2.24, 2.45) is 0 Å². The molecule has 0 aromatic rings. The molecule has 0 aromatic heterocycles. The second kappa shape index (κ2) is 2.86. The molecule has 1 saturated heterocycles. The molecule has 0 aliphatic carbocycles. The summed E-state index contributed by atoms with van der Waals surface area (Å²) in [5.41, 5.74) is 0. The molecule has 0 amide bonds. The van der Waals surface area contributed by atoms with Crippen LogP contribution < -0.4 is 58.2 Å². The molecule has 24 valence electrons. The first kappa shape index (κ1) is 6.77. The Hall–Kier alpha value is 1.77. The standard InChI is InChI=1S/C3H5O.Rb/c1-3-2-4-3;/h2-3H,1H3;/q-1;+1. The Morgan fingerprint density at radius 2 is 2.00 bits per heavy atom. The zero-order valence-corrected chi connectivity index (χ0v) is 8.48. The summed E-state index contributed by atoms with van der Waals surface area (Å²) < 4.78 is 4.58. The third kappa shape index (κ3) is 3.60. The van der Waals surface area contributed by atoms with Crippen molar-refractivity contribution < 1.29 is 62.9 Å². The zero-order valence-electron chi connectivity index (χ0n) is 3.56. The number of hydrogen-bond acceptors (Lipinski definition) is 1. The SMILES string of the molecule is CC1[CH-]O1.[Rb+]. The average molecular weight is 143 g/mol. The number of epoxide rings is 1. The van der Waals surface area contributed by atoms with Crippen molar-refractivity contribution in [3.63, 3.8) is 0 Å². The van der Waals surface area contributed by atoms with E-state index in [-0.39, 0.29) is 58.2 Å². The van der Waals surface area contributed by atoms with Crippen LogP contribution >= 0.6 is 0 Å². The molecule has 0 saturated carbocycles. The molecule has 1 aliphatic rings. The fourth-order valence-corrected chi connectivity index (χ4v) is 0.0786. The van der Waals surface area contributed by atoms with Crippen LogP contribution in [-0.2, 0) is 4.74 Å². The Labute approximate surface area is 80.9 Å². The van der Waals surface area contributed by atoms with Crippen molar-refractivity contribution >= 4 is 0 Å². The molecule has 0 N–H and O–H groups in total. The summed E-state index contributed by atoms with van der Waals surface area (Å²) >= 11 is 0. The molecule has 5 heavy (non-hydrogen) atoms. The molecular formula is C3H5ORb. The first-order valence-corrected chi connectivity index (χ1v) is 1.38. The second-order valence-electron chi connectivity index (χ2n) is 0.977. The molecule has 0 aromatic carbocycles. The largest absolute Gasteiger partial charge is 1.00 e. The van der Waals surface area contributed by atoms with Gasteiger partial charge in [0.1, 0.15) is 0 Å². The fraction of sp³-hybridized carbons (Fsp3) is 0.667. The van der Waals surface area contributed by atoms with Crippen LogP contribution in [0.15, 0.2) is 0 Å². The van der Waals surface area contributed by atoms with Crippen LogP contribution in [0.1, 0.15) is 6.92 Å². The van der Waals surface area contributed by atoms with Gasteiger partial charge in [0.2, 0.25) is 0 Å². The molecule has 1 aliphatic heterocycles. The van der Waals surface area contributed by atoms with Crippen LogP contribution in [0.2, 0.25) is 0 Å². The van der Waals surface area contributed by atoms with E-state index in [0.29, 0.717) is 6.10 Å². The van der Waals surface area contributed by atoms with E-state index in [9.17, 15) is 0 Å². The first-order chi connectivity index (χ1) is 1.89. The Morgan fingerprint density at radius 3 is 2.00 bits per heavy atom. The number of rotatable bonds is 0. The van der Waals surface area contributed by atoms with E-state index >= 15 is 0 Å². The van der Waals surface area contributed by atoms with Crippen molar-refractivity contribution in [1.82, 2.24) is 0 Å². The van der Waals surface area contributed by atoms with Crippen LogP contribution in [0.25, 0.3) is 0 Å².